The molecule has 26 heavy (non-hydrogen) atoms. The van der Waals surface area contributed by atoms with Crippen molar-refractivity contribution in [2.45, 2.75) is 58.5 Å². The second-order valence-electron chi connectivity index (χ2n) is 7.93. The Morgan fingerprint density at radius 3 is 2.35 bits per heavy atom. The van der Waals surface area contributed by atoms with Crippen LogP contribution >= 0.6 is 0 Å². The Kier molecular flexibility index (Phi) is 8.23. The van der Waals surface area contributed by atoms with E-state index in [4.69, 9.17) is 9.47 Å². The van der Waals surface area contributed by atoms with E-state index in [0.717, 1.165) is 25.3 Å². The van der Waals surface area contributed by atoms with E-state index in [9.17, 15) is 4.79 Å². The smallest absolute Gasteiger partial charge is 0.407 e. The molecular weight excluding hydrogens is 328 g/mol. The minimum Gasteiger partial charge on any atom is -0.492 e. The van der Waals surface area contributed by atoms with Crippen LogP contribution in [-0.2, 0) is 11.2 Å². The predicted octanol–water partition coefficient (Wildman–Crippen LogP) is 4.01. The average molecular weight is 363 g/mol. The van der Waals surface area contributed by atoms with Crippen molar-refractivity contribution < 1.29 is 14.3 Å². The number of nitrogens with zero attached hydrogens (tertiary/aromatic N) is 1. The Labute approximate surface area is 158 Å². The SMILES string of the molecule is CC(C)(C)OC(=O)NCCc1ccc(OCCN2CCCCCC2)cc1. The number of hydrogen-bond donors (Lipinski definition) is 1. The largest absolute Gasteiger partial charge is 0.492 e. The number of likely N-dealkylation sites (tertiary alicyclic amines) is 1. The van der Waals surface area contributed by atoms with Gasteiger partial charge >= 0.3 is 6.09 Å². The summed E-state index contributed by atoms with van der Waals surface area (Å²) in [5.74, 6) is 0.906. The fourth-order valence-electron chi connectivity index (χ4n) is 3.03. The quantitative estimate of drug-likeness (QED) is 0.796. The maximum absolute atomic E-state index is 11.6. The Bertz CT molecular complexity index is 529. The van der Waals surface area contributed by atoms with Crippen LogP contribution in [0.15, 0.2) is 24.3 Å². The molecule has 1 aromatic rings. The summed E-state index contributed by atoms with van der Waals surface area (Å²) in [5.41, 5.74) is 0.706. The Balaban J connectivity index is 1.63. The fraction of sp³-hybridized carbons (Fsp3) is 0.667. The Morgan fingerprint density at radius 1 is 1.08 bits per heavy atom. The van der Waals surface area contributed by atoms with Gasteiger partial charge in [0.1, 0.15) is 18.0 Å². The van der Waals surface area contributed by atoms with E-state index in [0.29, 0.717) is 6.54 Å². The van der Waals surface area contributed by atoms with Crippen LogP contribution in [0, 0.1) is 0 Å². The molecule has 0 bridgehead atoms. The molecule has 1 aromatic carbocycles. The standard InChI is InChI=1S/C21H34N2O3/c1-21(2,3)26-20(24)22-13-12-18-8-10-19(11-9-18)25-17-16-23-14-6-4-5-7-15-23/h8-11H,4-7,12-17H2,1-3H3,(H,22,24). The van der Waals surface area contributed by atoms with Gasteiger partial charge in [0.2, 0.25) is 0 Å². The van der Waals surface area contributed by atoms with Crippen LogP contribution in [0.25, 0.3) is 0 Å². The van der Waals surface area contributed by atoms with Crippen LogP contribution in [0.4, 0.5) is 4.79 Å². The molecule has 0 radical (unpaired) electrons. The molecule has 5 nitrogen and oxygen atoms in total. The third-order valence-corrected chi connectivity index (χ3v) is 4.38. The van der Waals surface area contributed by atoms with E-state index in [1.54, 1.807) is 0 Å². The first-order valence-corrected chi connectivity index (χ1v) is 9.83. The molecule has 5 heteroatoms. The number of ether oxygens (including phenoxy) is 2. The highest BCUT2D eigenvalue weighted by molar-refractivity contribution is 5.67. The summed E-state index contributed by atoms with van der Waals surface area (Å²) >= 11 is 0. The van der Waals surface area contributed by atoms with Gasteiger partial charge in [0, 0.05) is 13.1 Å². The topological polar surface area (TPSA) is 50.8 Å². The van der Waals surface area contributed by atoms with Gasteiger partial charge in [0.15, 0.2) is 0 Å². The van der Waals surface area contributed by atoms with Gasteiger partial charge in [-0.2, -0.15) is 0 Å². The molecule has 0 aliphatic carbocycles. The average Bonchev–Trinajstić information content (AvgIpc) is 2.83. The van der Waals surface area contributed by atoms with Crippen molar-refractivity contribution >= 4 is 6.09 Å². The summed E-state index contributed by atoms with van der Waals surface area (Å²) in [7, 11) is 0. The highest BCUT2D eigenvalue weighted by Gasteiger charge is 2.15. The molecule has 1 heterocycles. The number of amides is 1. The molecule has 1 aliphatic rings. The highest BCUT2D eigenvalue weighted by atomic mass is 16.6. The number of benzene rings is 1. The van der Waals surface area contributed by atoms with Gasteiger partial charge in [-0.3, -0.25) is 4.90 Å². The van der Waals surface area contributed by atoms with Crippen molar-refractivity contribution in [2.24, 2.45) is 0 Å². The zero-order valence-electron chi connectivity index (χ0n) is 16.6. The van der Waals surface area contributed by atoms with Crippen LogP contribution in [0.3, 0.4) is 0 Å². The molecule has 1 aliphatic heterocycles. The minimum atomic E-state index is -0.462. The van der Waals surface area contributed by atoms with Crippen molar-refractivity contribution in [1.82, 2.24) is 10.2 Å². The fourth-order valence-corrected chi connectivity index (χ4v) is 3.03. The van der Waals surface area contributed by atoms with Gasteiger partial charge in [-0.05, 0) is 70.8 Å². The third kappa shape index (κ3) is 8.56. The molecule has 1 N–H and O–H groups in total. The number of carbonyl (C=O) groups excluding carboxylic acids is 1. The Hall–Kier alpha value is -1.75. The first-order valence-electron chi connectivity index (χ1n) is 9.83. The van der Waals surface area contributed by atoms with Gasteiger partial charge in [0.05, 0.1) is 0 Å². The maximum atomic E-state index is 11.6. The molecule has 146 valence electrons. The van der Waals surface area contributed by atoms with Gasteiger partial charge in [0.25, 0.3) is 0 Å². The lowest BCUT2D eigenvalue weighted by atomic mass is 10.1. The normalized spacial score (nSPS) is 16.0. The lowest BCUT2D eigenvalue weighted by molar-refractivity contribution is 0.0528. The molecule has 0 aromatic heterocycles. The number of nitrogens with one attached hydrogen (secondary N) is 1. The molecule has 0 saturated carbocycles. The predicted molar refractivity (Wildman–Crippen MR) is 105 cm³/mol. The lowest BCUT2D eigenvalue weighted by Crippen LogP contribution is -2.33. The first-order chi connectivity index (χ1) is 12.4. The zero-order valence-corrected chi connectivity index (χ0v) is 16.6. The second kappa shape index (κ2) is 10.4. The lowest BCUT2D eigenvalue weighted by Gasteiger charge is -2.20. The summed E-state index contributed by atoms with van der Waals surface area (Å²) in [5, 5.41) is 2.78. The summed E-state index contributed by atoms with van der Waals surface area (Å²) in [6.07, 6.45) is 5.75. The van der Waals surface area contributed by atoms with E-state index < -0.39 is 5.60 Å². The van der Waals surface area contributed by atoms with Crippen LogP contribution in [-0.4, -0.2) is 49.4 Å². The molecule has 0 atom stereocenters. The monoisotopic (exact) mass is 362 g/mol. The number of rotatable bonds is 7. The second-order valence-corrected chi connectivity index (χ2v) is 7.93. The van der Waals surface area contributed by atoms with E-state index in [-0.39, 0.29) is 6.09 Å². The van der Waals surface area contributed by atoms with Crippen LogP contribution in [0.1, 0.15) is 52.0 Å². The van der Waals surface area contributed by atoms with Gasteiger partial charge in [-0.15, -0.1) is 0 Å². The number of carbonyl (C=O) groups is 1. The van der Waals surface area contributed by atoms with Crippen LogP contribution < -0.4 is 10.1 Å². The Morgan fingerprint density at radius 2 is 1.73 bits per heavy atom. The van der Waals surface area contributed by atoms with Gasteiger partial charge < -0.3 is 14.8 Å². The highest BCUT2D eigenvalue weighted by Crippen LogP contribution is 2.14. The summed E-state index contributed by atoms with van der Waals surface area (Å²) in [6.45, 7) is 10.3. The van der Waals surface area contributed by atoms with Crippen molar-refractivity contribution in [1.29, 1.82) is 0 Å². The molecule has 0 spiro atoms. The molecule has 2 rings (SSSR count). The van der Waals surface area contributed by atoms with Crippen LogP contribution in [0.5, 0.6) is 5.75 Å². The molecule has 0 unspecified atom stereocenters. The van der Waals surface area contributed by atoms with Crippen molar-refractivity contribution in [2.75, 3.05) is 32.8 Å². The number of hydrogen-bond acceptors (Lipinski definition) is 4. The molecular formula is C21H34N2O3. The summed E-state index contributed by atoms with van der Waals surface area (Å²) in [6, 6.07) is 8.12. The molecule has 1 fully saturated rings. The van der Waals surface area contributed by atoms with E-state index >= 15 is 0 Å². The summed E-state index contributed by atoms with van der Waals surface area (Å²) < 4.78 is 11.1. The third-order valence-electron chi connectivity index (χ3n) is 4.38. The first kappa shape index (κ1) is 20.6. The summed E-state index contributed by atoms with van der Waals surface area (Å²) in [4.78, 5) is 14.1. The zero-order chi connectivity index (χ0) is 18.8. The van der Waals surface area contributed by atoms with E-state index in [2.05, 4.69) is 22.3 Å². The molecule has 1 saturated heterocycles. The van der Waals surface area contributed by atoms with Gasteiger partial charge in [-0.1, -0.05) is 25.0 Å². The van der Waals surface area contributed by atoms with E-state index in [1.165, 1.54) is 44.3 Å². The van der Waals surface area contributed by atoms with Crippen molar-refractivity contribution in [3.8, 4) is 5.75 Å². The minimum absolute atomic E-state index is 0.369. The molecule has 1 amide bonds. The van der Waals surface area contributed by atoms with Crippen molar-refractivity contribution in [3.63, 3.8) is 0 Å². The van der Waals surface area contributed by atoms with Crippen molar-refractivity contribution in [3.05, 3.63) is 29.8 Å². The maximum Gasteiger partial charge on any atom is 0.407 e. The van der Waals surface area contributed by atoms with Gasteiger partial charge in [-0.25, -0.2) is 4.79 Å². The van der Waals surface area contributed by atoms with Crippen LogP contribution in [0.2, 0.25) is 0 Å². The van der Waals surface area contributed by atoms with E-state index in [1.807, 2.05) is 32.9 Å². The number of alkyl carbamates (subject to hydrolysis) is 1.